The maximum absolute atomic E-state index is 6.58. The van der Waals surface area contributed by atoms with Gasteiger partial charge in [-0.1, -0.05) is 35.3 Å². The lowest BCUT2D eigenvalue weighted by Gasteiger charge is -2.12. The Morgan fingerprint density at radius 1 is 1.20 bits per heavy atom. The molecule has 25 heavy (non-hydrogen) atoms. The molecule has 6 heteroatoms. The van der Waals surface area contributed by atoms with Gasteiger partial charge in [0.1, 0.15) is 10.8 Å². The molecule has 128 valence electrons. The average molecular weight is 374 g/mol. The van der Waals surface area contributed by atoms with Crippen LogP contribution in [-0.2, 0) is 11.8 Å². The second-order valence-corrected chi connectivity index (χ2v) is 6.37. The monoisotopic (exact) mass is 373 g/mol. The standard InChI is InChI=1S/C19H17Cl2N3O/c1-12-10-13(20)7-8-14(12)15(11-25-3)17-18(23-24(2)19(17)21)16-6-4-5-9-22-16/h4-11H,1-3H3/b15-11-. The van der Waals surface area contributed by atoms with Crippen molar-refractivity contribution in [3.05, 3.63) is 75.7 Å². The van der Waals surface area contributed by atoms with Crippen LogP contribution in [0.4, 0.5) is 0 Å². The fourth-order valence-corrected chi connectivity index (χ4v) is 3.18. The lowest BCUT2D eigenvalue weighted by Crippen LogP contribution is -1.96. The van der Waals surface area contributed by atoms with Gasteiger partial charge in [0.25, 0.3) is 0 Å². The molecular formula is C19H17Cl2N3O. The Hall–Kier alpha value is -2.30. The van der Waals surface area contributed by atoms with Crippen LogP contribution in [-0.4, -0.2) is 21.9 Å². The van der Waals surface area contributed by atoms with Gasteiger partial charge in [0.15, 0.2) is 0 Å². The van der Waals surface area contributed by atoms with Gasteiger partial charge in [0.05, 0.1) is 24.6 Å². The van der Waals surface area contributed by atoms with E-state index in [-0.39, 0.29) is 0 Å². The van der Waals surface area contributed by atoms with Crippen molar-refractivity contribution in [2.45, 2.75) is 6.92 Å². The van der Waals surface area contributed by atoms with E-state index in [2.05, 4.69) is 10.1 Å². The molecule has 3 rings (SSSR count). The van der Waals surface area contributed by atoms with Crippen molar-refractivity contribution in [1.29, 1.82) is 0 Å². The van der Waals surface area contributed by atoms with Crippen LogP contribution in [0.15, 0.2) is 48.9 Å². The molecule has 0 saturated carbocycles. The SMILES string of the molecule is CO/C=C(/c1ccc(Cl)cc1C)c1c(-c2ccccn2)nn(C)c1Cl. The highest BCUT2D eigenvalue weighted by Crippen LogP contribution is 2.38. The molecule has 0 N–H and O–H groups in total. The van der Waals surface area contributed by atoms with Crippen LogP contribution < -0.4 is 0 Å². The Labute approximate surface area is 156 Å². The zero-order chi connectivity index (χ0) is 18.0. The number of aryl methyl sites for hydroxylation is 2. The number of ether oxygens (including phenoxy) is 1. The molecule has 0 unspecified atom stereocenters. The number of aromatic nitrogens is 3. The number of hydrogen-bond donors (Lipinski definition) is 0. The summed E-state index contributed by atoms with van der Waals surface area (Å²) in [7, 11) is 3.41. The highest BCUT2D eigenvalue weighted by atomic mass is 35.5. The number of nitrogens with zero attached hydrogens (tertiary/aromatic N) is 3. The lowest BCUT2D eigenvalue weighted by atomic mass is 9.95. The summed E-state index contributed by atoms with van der Waals surface area (Å²) >= 11 is 12.7. The second-order valence-electron chi connectivity index (χ2n) is 5.58. The maximum atomic E-state index is 6.58. The smallest absolute Gasteiger partial charge is 0.135 e. The van der Waals surface area contributed by atoms with Gasteiger partial charge in [0, 0.05) is 23.8 Å². The molecule has 0 aliphatic heterocycles. The van der Waals surface area contributed by atoms with E-state index in [0.717, 1.165) is 28.0 Å². The number of methoxy groups -OCH3 is 1. The zero-order valence-electron chi connectivity index (χ0n) is 14.1. The molecule has 4 nitrogen and oxygen atoms in total. The van der Waals surface area contributed by atoms with Crippen molar-refractivity contribution in [2.24, 2.45) is 7.05 Å². The third kappa shape index (κ3) is 3.41. The van der Waals surface area contributed by atoms with Crippen molar-refractivity contribution in [1.82, 2.24) is 14.8 Å². The summed E-state index contributed by atoms with van der Waals surface area (Å²) in [5.41, 5.74) is 5.03. The van der Waals surface area contributed by atoms with Crippen LogP contribution in [0.1, 0.15) is 16.7 Å². The highest BCUT2D eigenvalue weighted by molar-refractivity contribution is 6.32. The molecule has 0 spiro atoms. The first-order valence-electron chi connectivity index (χ1n) is 7.66. The second kappa shape index (κ2) is 7.30. The molecule has 0 atom stereocenters. The molecule has 2 heterocycles. The van der Waals surface area contributed by atoms with Gasteiger partial charge >= 0.3 is 0 Å². The molecule has 3 aromatic rings. The summed E-state index contributed by atoms with van der Waals surface area (Å²) in [6.07, 6.45) is 3.40. The average Bonchev–Trinajstić information content (AvgIpc) is 2.89. The summed E-state index contributed by atoms with van der Waals surface area (Å²) in [5, 5.41) is 5.75. The molecular weight excluding hydrogens is 357 g/mol. The van der Waals surface area contributed by atoms with E-state index in [1.54, 1.807) is 31.3 Å². The Morgan fingerprint density at radius 3 is 2.64 bits per heavy atom. The molecule has 0 bridgehead atoms. The first-order valence-corrected chi connectivity index (χ1v) is 8.42. The summed E-state index contributed by atoms with van der Waals surface area (Å²) in [6, 6.07) is 11.4. The van der Waals surface area contributed by atoms with E-state index in [9.17, 15) is 0 Å². The van der Waals surface area contributed by atoms with E-state index in [1.165, 1.54) is 0 Å². The van der Waals surface area contributed by atoms with Gasteiger partial charge in [-0.2, -0.15) is 5.10 Å². The van der Waals surface area contributed by atoms with Gasteiger partial charge in [0.2, 0.25) is 0 Å². The minimum atomic E-state index is 0.512. The van der Waals surface area contributed by atoms with E-state index in [0.29, 0.717) is 15.9 Å². The van der Waals surface area contributed by atoms with Gasteiger partial charge in [-0.3, -0.25) is 9.67 Å². The predicted molar refractivity (Wildman–Crippen MR) is 102 cm³/mol. The fraction of sp³-hybridized carbons (Fsp3) is 0.158. The third-order valence-corrected chi connectivity index (χ3v) is 4.54. The minimum absolute atomic E-state index is 0.512. The summed E-state index contributed by atoms with van der Waals surface area (Å²) < 4.78 is 6.98. The van der Waals surface area contributed by atoms with Crippen molar-refractivity contribution < 1.29 is 4.74 Å². The fourth-order valence-electron chi connectivity index (χ4n) is 2.73. The Kier molecular flexibility index (Phi) is 5.11. The molecule has 0 amide bonds. The first-order chi connectivity index (χ1) is 12.0. The van der Waals surface area contributed by atoms with Crippen LogP contribution in [0.3, 0.4) is 0 Å². The Morgan fingerprint density at radius 2 is 2.00 bits per heavy atom. The van der Waals surface area contributed by atoms with Gasteiger partial charge in [-0.25, -0.2) is 0 Å². The van der Waals surface area contributed by atoms with E-state index >= 15 is 0 Å². The molecule has 2 aromatic heterocycles. The number of benzene rings is 1. The maximum Gasteiger partial charge on any atom is 0.135 e. The van der Waals surface area contributed by atoms with Crippen molar-refractivity contribution >= 4 is 28.8 Å². The third-order valence-electron chi connectivity index (χ3n) is 3.87. The van der Waals surface area contributed by atoms with Gasteiger partial charge in [-0.05, 0) is 42.3 Å². The Bertz CT molecular complexity index is 933. The summed E-state index contributed by atoms with van der Waals surface area (Å²) in [4.78, 5) is 4.41. The molecule has 1 aromatic carbocycles. The van der Waals surface area contributed by atoms with E-state index < -0.39 is 0 Å². The van der Waals surface area contributed by atoms with Crippen molar-refractivity contribution in [3.8, 4) is 11.4 Å². The minimum Gasteiger partial charge on any atom is -0.504 e. The van der Waals surface area contributed by atoms with Crippen LogP contribution in [0.25, 0.3) is 17.0 Å². The van der Waals surface area contributed by atoms with Gasteiger partial charge in [-0.15, -0.1) is 0 Å². The van der Waals surface area contributed by atoms with Crippen molar-refractivity contribution in [2.75, 3.05) is 7.11 Å². The largest absolute Gasteiger partial charge is 0.504 e. The van der Waals surface area contributed by atoms with Crippen LogP contribution in [0.2, 0.25) is 10.2 Å². The predicted octanol–water partition coefficient (Wildman–Crippen LogP) is 5.13. The summed E-state index contributed by atoms with van der Waals surface area (Å²) in [5.74, 6) is 0. The normalized spacial score (nSPS) is 11.6. The quantitative estimate of drug-likeness (QED) is 0.594. The van der Waals surface area contributed by atoms with Gasteiger partial charge < -0.3 is 4.74 Å². The zero-order valence-corrected chi connectivity index (χ0v) is 15.6. The highest BCUT2D eigenvalue weighted by Gasteiger charge is 2.23. The molecule has 0 fully saturated rings. The molecule has 0 radical (unpaired) electrons. The van der Waals surface area contributed by atoms with Crippen LogP contribution >= 0.6 is 23.2 Å². The molecule has 0 aliphatic rings. The Balaban J connectivity index is 2.27. The summed E-state index contributed by atoms with van der Waals surface area (Å²) in [6.45, 7) is 2.00. The van der Waals surface area contributed by atoms with Crippen LogP contribution in [0.5, 0.6) is 0 Å². The van der Waals surface area contributed by atoms with Crippen LogP contribution in [0, 0.1) is 6.92 Å². The number of hydrogen-bond acceptors (Lipinski definition) is 3. The molecule has 0 saturated heterocycles. The number of rotatable bonds is 4. The molecule has 0 aliphatic carbocycles. The van der Waals surface area contributed by atoms with E-state index in [4.69, 9.17) is 27.9 Å². The number of pyridine rings is 1. The topological polar surface area (TPSA) is 39.9 Å². The lowest BCUT2D eigenvalue weighted by molar-refractivity contribution is 0.340. The van der Waals surface area contributed by atoms with E-state index in [1.807, 2.05) is 43.3 Å². The first kappa shape index (κ1) is 17.5. The number of halogens is 2. The van der Waals surface area contributed by atoms with Crippen molar-refractivity contribution in [3.63, 3.8) is 0 Å².